The normalized spacial score (nSPS) is 15.5. The summed E-state index contributed by atoms with van der Waals surface area (Å²) >= 11 is 1.47. The monoisotopic (exact) mass is 305 g/mol. The third-order valence-corrected chi connectivity index (χ3v) is 4.17. The van der Waals surface area contributed by atoms with Crippen LogP contribution in [0.1, 0.15) is 5.56 Å². The van der Waals surface area contributed by atoms with Gasteiger partial charge in [-0.1, -0.05) is 5.92 Å². The number of anilines is 1. The van der Waals surface area contributed by atoms with Gasteiger partial charge in [-0.25, -0.2) is 9.03 Å². The van der Waals surface area contributed by atoms with Gasteiger partial charge in [0.15, 0.2) is 0 Å². The minimum atomic E-state index is -0.255. The summed E-state index contributed by atoms with van der Waals surface area (Å²) in [6.07, 6.45) is 5.36. The Kier molecular flexibility index (Phi) is 5.93. The molecular formula is C15H19N3O2S. The number of nitrogens with zero attached hydrogens (tertiary/aromatic N) is 2. The summed E-state index contributed by atoms with van der Waals surface area (Å²) in [6.45, 7) is 3.96. The number of methoxy groups -OCH3 is 1. The first-order chi connectivity index (χ1) is 10.2. The fraction of sp³-hybridized carbons (Fsp3) is 0.400. The minimum Gasteiger partial charge on any atom is -0.468 e. The maximum Gasteiger partial charge on any atom is 0.320 e. The first kappa shape index (κ1) is 15.7. The molecule has 1 N–H and O–H groups in total. The highest BCUT2D eigenvalue weighted by Crippen LogP contribution is 2.19. The molecule has 112 valence electrons. The molecule has 0 radical (unpaired) electrons. The summed E-state index contributed by atoms with van der Waals surface area (Å²) < 4.78 is 9.78. The van der Waals surface area contributed by atoms with E-state index in [1.165, 1.54) is 24.9 Å². The molecule has 1 aliphatic rings. The molecule has 1 aliphatic heterocycles. The van der Waals surface area contributed by atoms with Gasteiger partial charge in [-0.3, -0.25) is 4.79 Å². The Hall–Kier alpha value is -1.68. The van der Waals surface area contributed by atoms with Crippen LogP contribution in [-0.4, -0.2) is 50.1 Å². The molecule has 6 heteroatoms. The Morgan fingerprint density at radius 2 is 2.00 bits per heavy atom. The van der Waals surface area contributed by atoms with Crippen LogP contribution in [0.4, 0.5) is 5.69 Å². The maximum absolute atomic E-state index is 11.0. The van der Waals surface area contributed by atoms with E-state index in [-0.39, 0.29) is 12.5 Å². The van der Waals surface area contributed by atoms with E-state index in [1.807, 2.05) is 12.1 Å². The molecule has 0 amide bonds. The minimum absolute atomic E-state index is 0.217. The topological polar surface area (TPSA) is 44.8 Å². The smallest absolute Gasteiger partial charge is 0.320 e. The average Bonchev–Trinajstić information content (AvgIpc) is 2.55. The lowest BCUT2D eigenvalue weighted by Gasteiger charge is -2.35. The number of carbonyl (C=O) groups excluding carboxylic acids is 1. The van der Waals surface area contributed by atoms with Gasteiger partial charge in [0.1, 0.15) is 6.54 Å². The van der Waals surface area contributed by atoms with Crippen molar-refractivity contribution in [3.8, 4) is 12.3 Å². The second-order valence-electron chi connectivity index (χ2n) is 4.60. The largest absolute Gasteiger partial charge is 0.468 e. The zero-order valence-corrected chi connectivity index (χ0v) is 12.9. The van der Waals surface area contributed by atoms with E-state index in [0.717, 1.165) is 31.7 Å². The van der Waals surface area contributed by atoms with Crippen molar-refractivity contribution >= 4 is 23.8 Å². The Morgan fingerprint density at radius 3 is 2.57 bits per heavy atom. The summed E-state index contributed by atoms with van der Waals surface area (Å²) in [5, 5.41) is 0. The Morgan fingerprint density at radius 1 is 1.33 bits per heavy atom. The number of esters is 1. The van der Waals surface area contributed by atoms with Gasteiger partial charge in [-0.15, -0.1) is 6.42 Å². The van der Waals surface area contributed by atoms with Crippen LogP contribution in [0.2, 0.25) is 0 Å². The number of carbonyl (C=O) groups is 1. The van der Waals surface area contributed by atoms with Gasteiger partial charge in [0.2, 0.25) is 0 Å². The molecule has 21 heavy (non-hydrogen) atoms. The Labute approximate surface area is 129 Å². The molecule has 1 heterocycles. The van der Waals surface area contributed by atoms with E-state index >= 15 is 0 Å². The van der Waals surface area contributed by atoms with Crippen LogP contribution in [0.5, 0.6) is 0 Å². The number of hydrogen-bond donors (Lipinski definition) is 1. The van der Waals surface area contributed by atoms with E-state index in [0.29, 0.717) is 0 Å². The number of nitrogens with one attached hydrogen (secondary N) is 1. The van der Waals surface area contributed by atoms with Crippen molar-refractivity contribution in [2.45, 2.75) is 0 Å². The van der Waals surface area contributed by atoms with Gasteiger partial charge in [-0.2, -0.15) is 0 Å². The zero-order valence-electron chi connectivity index (χ0n) is 12.0. The predicted octanol–water partition coefficient (Wildman–Crippen LogP) is 1.12. The van der Waals surface area contributed by atoms with Crippen molar-refractivity contribution in [1.29, 1.82) is 0 Å². The van der Waals surface area contributed by atoms with Gasteiger partial charge in [0, 0.05) is 49.6 Å². The zero-order chi connectivity index (χ0) is 15.1. The SMILES string of the molecule is C#Cc1ccc(N2CCN(SNCC(=O)OC)CC2)cc1. The van der Waals surface area contributed by atoms with Gasteiger partial charge in [-0.05, 0) is 24.3 Å². The Balaban J connectivity index is 1.75. The van der Waals surface area contributed by atoms with Crippen LogP contribution in [-0.2, 0) is 9.53 Å². The average molecular weight is 305 g/mol. The molecule has 0 aliphatic carbocycles. The van der Waals surface area contributed by atoms with E-state index in [4.69, 9.17) is 6.42 Å². The molecule has 0 saturated carbocycles. The third-order valence-electron chi connectivity index (χ3n) is 3.28. The summed E-state index contributed by atoms with van der Waals surface area (Å²) in [6, 6.07) is 8.06. The van der Waals surface area contributed by atoms with Crippen LogP contribution in [0.3, 0.4) is 0 Å². The number of hydrogen-bond acceptors (Lipinski definition) is 6. The molecule has 0 unspecified atom stereocenters. The van der Waals surface area contributed by atoms with Crippen molar-refractivity contribution in [2.75, 3.05) is 44.7 Å². The van der Waals surface area contributed by atoms with Crippen molar-refractivity contribution in [3.63, 3.8) is 0 Å². The molecule has 0 bridgehead atoms. The predicted molar refractivity (Wildman–Crippen MR) is 85.8 cm³/mol. The summed E-state index contributed by atoms with van der Waals surface area (Å²) in [7, 11) is 1.39. The van der Waals surface area contributed by atoms with Crippen molar-refractivity contribution in [3.05, 3.63) is 29.8 Å². The lowest BCUT2D eigenvalue weighted by Crippen LogP contribution is -2.44. The van der Waals surface area contributed by atoms with Gasteiger partial charge in [0.05, 0.1) is 7.11 Å². The number of piperazine rings is 1. The molecule has 1 fully saturated rings. The van der Waals surface area contributed by atoms with Gasteiger partial charge in [0.25, 0.3) is 0 Å². The Bertz CT molecular complexity index is 505. The highest BCUT2D eigenvalue weighted by atomic mass is 32.2. The molecule has 1 aromatic rings. The molecular weight excluding hydrogens is 286 g/mol. The molecule has 1 aromatic carbocycles. The second kappa shape index (κ2) is 7.93. The molecule has 2 rings (SSSR count). The van der Waals surface area contributed by atoms with Gasteiger partial charge < -0.3 is 9.64 Å². The van der Waals surface area contributed by atoms with E-state index in [9.17, 15) is 4.79 Å². The number of benzene rings is 1. The summed E-state index contributed by atoms with van der Waals surface area (Å²) in [5.41, 5.74) is 2.10. The summed E-state index contributed by atoms with van der Waals surface area (Å²) in [4.78, 5) is 13.3. The number of ether oxygens (including phenoxy) is 1. The summed E-state index contributed by atoms with van der Waals surface area (Å²) in [5.74, 6) is 2.37. The van der Waals surface area contributed by atoms with E-state index in [1.54, 1.807) is 0 Å². The molecule has 1 saturated heterocycles. The first-order valence-electron chi connectivity index (χ1n) is 6.76. The van der Waals surface area contributed by atoms with Crippen molar-refractivity contribution in [1.82, 2.24) is 9.03 Å². The molecule has 0 atom stereocenters. The van der Waals surface area contributed by atoms with Crippen LogP contribution in [0.15, 0.2) is 24.3 Å². The third kappa shape index (κ3) is 4.67. The second-order valence-corrected chi connectivity index (χ2v) is 5.58. The fourth-order valence-electron chi connectivity index (χ4n) is 2.06. The highest BCUT2D eigenvalue weighted by molar-refractivity contribution is 7.95. The maximum atomic E-state index is 11.0. The standard InChI is InChI=1S/C15H19N3O2S/c1-3-13-4-6-14(7-5-13)17-8-10-18(11-9-17)21-16-12-15(19)20-2/h1,4-7,16H,8-12H2,2H3. The van der Waals surface area contributed by atoms with Crippen LogP contribution >= 0.6 is 12.1 Å². The molecule has 0 spiro atoms. The lowest BCUT2D eigenvalue weighted by atomic mass is 10.2. The molecule has 5 nitrogen and oxygen atoms in total. The van der Waals surface area contributed by atoms with Crippen LogP contribution in [0.25, 0.3) is 0 Å². The van der Waals surface area contributed by atoms with E-state index < -0.39 is 0 Å². The van der Waals surface area contributed by atoms with Crippen molar-refractivity contribution in [2.24, 2.45) is 0 Å². The quantitative estimate of drug-likeness (QED) is 0.500. The first-order valence-corrected chi connectivity index (χ1v) is 7.53. The lowest BCUT2D eigenvalue weighted by molar-refractivity contribution is -0.139. The van der Waals surface area contributed by atoms with Crippen molar-refractivity contribution < 1.29 is 9.53 Å². The van der Waals surface area contributed by atoms with Crippen LogP contribution in [0, 0.1) is 12.3 Å². The van der Waals surface area contributed by atoms with Gasteiger partial charge >= 0.3 is 5.97 Å². The fourth-order valence-corrected chi connectivity index (χ4v) is 2.77. The highest BCUT2D eigenvalue weighted by Gasteiger charge is 2.17. The van der Waals surface area contributed by atoms with Crippen LogP contribution < -0.4 is 9.62 Å². The van der Waals surface area contributed by atoms with E-state index in [2.05, 4.69) is 36.7 Å². The number of terminal acetylenes is 1. The number of rotatable bonds is 5. The molecule has 0 aromatic heterocycles.